The number of benzene rings is 1. The Bertz CT molecular complexity index is 531. The standard InChI is InChI=1S/C17H23NO4/c1-20-16(19)8-4-10-18-9-3-6-14(18)13-5-2-7-15-17(13)22-12-11-21-15/h2,5,7,14H,3-4,6,8-12H2,1H3/t14-/m0/s1. The van der Waals surface area contributed by atoms with Gasteiger partial charge in [0.25, 0.3) is 0 Å². The minimum absolute atomic E-state index is 0.135. The van der Waals surface area contributed by atoms with Crippen LogP contribution in [0.25, 0.3) is 0 Å². The molecule has 1 atom stereocenters. The Hall–Kier alpha value is -1.75. The first-order chi connectivity index (χ1) is 10.8. The molecule has 1 saturated heterocycles. The third-order valence-electron chi connectivity index (χ3n) is 4.37. The summed E-state index contributed by atoms with van der Waals surface area (Å²) in [5, 5.41) is 0. The Morgan fingerprint density at radius 2 is 2.23 bits per heavy atom. The molecule has 0 N–H and O–H groups in total. The van der Waals surface area contributed by atoms with Crippen molar-refractivity contribution in [3.8, 4) is 11.5 Å². The molecular weight excluding hydrogens is 282 g/mol. The zero-order valence-corrected chi connectivity index (χ0v) is 13.0. The third-order valence-corrected chi connectivity index (χ3v) is 4.37. The van der Waals surface area contributed by atoms with Crippen molar-refractivity contribution in [3.05, 3.63) is 23.8 Å². The first-order valence-electron chi connectivity index (χ1n) is 7.99. The van der Waals surface area contributed by atoms with Gasteiger partial charge in [0, 0.05) is 18.0 Å². The van der Waals surface area contributed by atoms with E-state index in [1.807, 2.05) is 12.1 Å². The SMILES string of the molecule is COC(=O)CCCN1CCC[C@H]1c1cccc2c1OCCO2. The topological polar surface area (TPSA) is 48.0 Å². The number of hydrogen-bond acceptors (Lipinski definition) is 5. The third kappa shape index (κ3) is 3.19. The van der Waals surface area contributed by atoms with E-state index in [1.54, 1.807) is 0 Å². The lowest BCUT2D eigenvalue weighted by Gasteiger charge is -2.28. The summed E-state index contributed by atoms with van der Waals surface area (Å²) in [6.45, 7) is 3.20. The van der Waals surface area contributed by atoms with Crippen molar-refractivity contribution in [1.29, 1.82) is 0 Å². The molecule has 0 unspecified atom stereocenters. The number of hydrogen-bond donors (Lipinski definition) is 0. The monoisotopic (exact) mass is 305 g/mol. The Morgan fingerprint density at radius 3 is 3.09 bits per heavy atom. The Balaban J connectivity index is 1.69. The molecule has 1 aromatic rings. The highest BCUT2D eigenvalue weighted by atomic mass is 16.6. The zero-order valence-electron chi connectivity index (χ0n) is 13.0. The van der Waals surface area contributed by atoms with Crippen molar-refractivity contribution in [1.82, 2.24) is 4.90 Å². The fraction of sp³-hybridized carbons (Fsp3) is 0.588. The maximum Gasteiger partial charge on any atom is 0.305 e. The normalized spacial score (nSPS) is 20.9. The summed E-state index contributed by atoms with van der Waals surface area (Å²) in [5.74, 6) is 1.62. The van der Waals surface area contributed by atoms with Gasteiger partial charge in [-0.25, -0.2) is 0 Å². The predicted molar refractivity (Wildman–Crippen MR) is 82.2 cm³/mol. The summed E-state index contributed by atoms with van der Waals surface area (Å²) in [6.07, 6.45) is 3.60. The Morgan fingerprint density at radius 1 is 1.36 bits per heavy atom. The molecule has 0 aliphatic carbocycles. The van der Waals surface area contributed by atoms with Crippen LogP contribution in [-0.2, 0) is 9.53 Å². The number of carbonyl (C=O) groups excluding carboxylic acids is 1. The molecule has 2 aliphatic rings. The maximum absolute atomic E-state index is 11.3. The molecule has 2 aliphatic heterocycles. The first kappa shape index (κ1) is 15.2. The van der Waals surface area contributed by atoms with Crippen molar-refractivity contribution < 1.29 is 19.0 Å². The second kappa shape index (κ2) is 7.01. The number of carbonyl (C=O) groups is 1. The van der Waals surface area contributed by atoms with Gasteiger partial charge in [-0.05, 0) is 38.4 Å². The van der Waals surface area contributed by atoms with Crippen molar-refractivity contribution in [2.24, 2.45) is 0 Å². The minimum Gasteiger partial charge on any atom is -0.486 e. The predicted octanol–water partition coefficient (Wildman–Crippen LogP) is 2.55. The van der Waals surface area contributed by atoms with E-state index in [9.17, 15) is 4.79 Å². The molecule has 3 rings (SSSR count). The van der Waals surface area contributed by atoms with Gasteiger partial charge >= 0.3 is 5.97 Å². The van der Waals surface area contributed by atoms with Gasteiger partial charge in [0.05, 0.1) is 7.11 Å². The van der Waals surface area contributed by atoms with Crippen LogP contribution < -0.4 is 9.47 Å². The molecule has 5 heteroatoms. The van der Waals surface area contributed by atoms with Gasteiger partial charge in [-0.1, -0.05) is 12.1 Å². The molecule has 5 nitrogen and oxygen atoms in total. The summed E-state index contributed by atoms with van der Waals surface area (Å²) in [6, 6.07) is 6.49. The number of nitrogens with zero attached hydrogens (tertiary/aromatic N) is 1. The number of methoxy groups -OCH3 is 1. The van der Waals surface area contributed by atoms with Gasteiger partial charge in [0.1, 0.15) is 13.2 Å². The van der Waals surface area contributed by atoms with Crippen molar-refractivity contribution in [2.45, 2.75) is 31.7 Å². The van der Waals surface area contributed by atoms with Gasteiger partial charge < -0.3 is 14.2 Å². The van der Waals surface area contributed by atoms with Gasteiger partial charge in [-0.3, -0.25) is 9.69 Å². The quantitative estimate of drug-likeness (QED) is 0.782. The number of rotatable bonds is 5. The molecule has 1 fully saturated rings. The Labute approximate surface area is 131 Å². The van der Waals surface area contributed by atoms with E-state index in [0.29, 0.717) is 25.7 Å². The van der Waals surface area contributed by atoms with Crippen LogP contribution in [0.4, 0.5) is 0 Å². The van der Waals surface area contributed by atoms with Crippen molar-refractivity contribution in [2.75, 3.05) is 33.4 Å². The summed E-state index contributed by atoms with van der Waals surface area (Å²) in [7, 11) is 1.44. The van der Waals surface area contributed by atoms with Gasteiger partial charge in [0.15, 0.2) is 11.5 Å². The average Bonchev–Trinajstić information content (AvgIpc) is 3.02. The highest BCUT2D eigenvalue weighted by molar-refractivity contribution is 5.69. The van der Waals surface area contributed by atoms with Gasteiger partial charge in [-0.2, -0.15) is 0 Å². The molecule has 120 valence electrons. The van der Waals surface area contributed by atoms with Crippen LogP contribution in [0.15, 0.2) is 18.2 Å². The van der Waals surface area contributed by atoms with Crippen LogP contribution in [0.2, 0.25) is 0 Å². The smallest absolute Gasteiger partial charge is 0.305 e. The highest BCUT2D eigenvalue weighted by Crippen LogP contribution is 2.42. The first-order valence-corrected chi connectivity index (χ1v) is 7.99. The fourth-order valence-electron chi connectivity index (χ4n) is 3.33. The molecule has 0 radical (unpaired) electrons. The maximum atomic E-state index is 11.3. The number of para-hydroxylation sites is 1. The number of esters is 1. The van der Waals surface area contributed by atoms with E-state index >= 15 is 0 Å². The van der Waals surface area contributed by atoms with E-state index in [-0.39, 0.29) is 5.97 Å². The molecule has 0 spiro atoms. The zero-order chi connectivity index (χ0) is 15.4. The average molecular weight is 305 g/mol. The summed E-state index contributed by atoms with van der Waals surface area (Å²) in [4.78, 5) is 13.7. The van der Waals surface area contributed by atoms with Crippen LogP contribution in [0.1, 0.15) is 37.3 Å². The lowest BCUT2D eigenvalue weighted by molar-refractivity contribution is -0.140. The van der Waals surface area contributed by atoms with Crippen LogP contribution in [0, 0.1) is 0 Å². The van der Waals surface area contributed by atoms with Crippen LogP contribution in [-0.4, -0.2) is 44.3 Å². The van der Waals surface area contributed by atoms with Crippen LogP contribution in [0.5, 0.6) is 11.5 Å². The van der Waals surface area contributed by atoms with Crippen molar-refractivity contribution in [3.63, 3.8) is 0 Å². The van der Waals surface area contributed by atoms with E-state index in [1.165, 1.54) is 19.1 Å². The molecule has 1 aromatic carbocycles. The largest absolute Gasteiger partial charge is 0.486 e. The molecule has 22 heavy (non-hydrogen) atoms. The highest BCUT2D eigenvalue weighted by Gasteiger charge is 2.30. The number of likely N-dealkylation sites (tertiary alicyclic amines) is 1. The second-order valence-corrected chi connectivity index (χ2v) is 5.75. The Kier molecular flexibility index (Phi) is 4.83. The number of ether oxygens (including phenoxy) is 3. The van der Waals surface area contributed by atoms with E-state index in [4.69, 9.17) is 14.2 Å². The van der Waals surface area contributed by atoms with E-state index < -0.39 is 0 Å². The molecule has 2 heterocycles. The molecule has 0 bridgehead atoms. The molecule has 0 amide bonds. The second-order valence-electron chi connectivity index (χ2n) is 5.75. The van der Waals surface area contributed by atoms with Crippen LogP contribution in [0.3, 0.4) is 0 Å². The van der Waals surface area contributed by atoms with E-state index in [2.05, 4.69) is 11.0 Å². The molecule has 0 aromatic heterocycles. The minimum atomic E-state index is -0.135. The molecular formula is C17H23NO4. The summed E-state index contributed by atoms with van der Waals surface area (Å²) < 4.78 is 16.2. The summed E-state index contributed by atoms with van der Waals surface area (Å²) in [5.41, 5.74) is 1.22. The van der Waals surface area contributed by atoms with Gasteiger partial charge in [0.2, 0.25) is 0 Å². The number of fused-ring (bicyclic) bond motifs is 1. The summed E-state index contributed by atoms with van der Waals surface area (Å²) >= 11 is 0. The van der Waals surface area contributed by atoms with Gasteiger partial charge in [-0.15, -0.1) is 0 Å². The lowest BCUT2D eigenvalue weighted by Crippen LogP contribution is -2.26. The van der Waals surface area contributed by atoms with Crippen LogP contribution >= 0.6 is 0 Å². The fourth-order valence-corrected chi connectivity index (χ4v) is 3.33. The molecule has 0 saturated carbocycles. The van der Waals surface area contributed by atoms with E-state index in [0.717, 1.165) is 37.4 Å². The van der Waals surface area contributed by atoms with Crippen molar-refractivity contribution >= 4 is 5.97 Å². The lowest BCUT2D eigenvalue weighted by atomic mass is 10.0.